The zero-order valence-corrected chi connectivity index (χ0v) is 18.2. The predicted octanol–water partition coefficient (Wildman–Crippen LogP) is 2.35. The molecule has 2 rings (SSSR count). The van der Waals surface area contributed by atoms with E-state index in [1.54, 1.807) is 13.3 Å². The number of nitrogens with one attached hydrogen (secondary N) is 2. The summed E-state index contributed by atoms with van der Waals surface area (Å²) in [6.45, 7) is 8.21. The second-order valence-corrected chi connectivity index (χ2v) is 6.30. The standard InChI is InChI=1S/C18H30N4O3.HI/c1-4-19-17(22-14-18(2)8-5-9-25-18)21-13-15-6-7-16(20-12-15)24-11-10-23-3;/h6-7,12H,4-5,8-11,13-14H2,1-3H3,(H2,19,21,22);1H. The highest BCUT2D eigenvalue weighted by Crippen LogP contribution is 2.23. The minimum absolute atomic E-state index is 0. The van der Waals surface area contributed by atoms with E-state index in [4.69, 9.17) is 14.2 Å². The van der Waals surface area contributed by atoms with E-state index in [0.29, 0.717) is 25.6 Å². The Morgan fingerprint density at radius 3 is 2.81 bits per heavy atom. The zero-order chi connectivity index (χ0) is 18.0. The van der Waals surface area contributed by atoms with Crippen molar-refractivity contribution in [3.8, 4) is 5.88 Å². The summed E-state index contributed by atoms with van der Waals surface area (Å²) in [5.74, 6) is 1.39. The molecule has 2 N–H and O–H groups in total. The summed E-state index contributed by atoms with van der Waals surface area (Å²) in [6, 6.07) is 3.83. The van der Waals surface area contributed by atoms with E-state index in [1.165, 1.54) is 0 Å². The summed E-state index contributed by atoms with van der Waals surface area (Å²) in [7, 11) is 1.65. The molecule has 1 aromatic heterocycles. The Bertz CT molecular complexity index is 534. The maximum absolute atomic E-state index is 5.81. The smallest absolute Gasteiger partial charge is 0.213 e. The van der Waals surface area contributed by atoms with Gasteiger partial charge in [-0.3, -0.25) is 0 Å². The molecule has 7 nitrogen and oxygen atoms in total. The van der Waals surface area contributed by atoms with Crippen LogP contribution >= 0.6 is 24.0 Å². The van der Waals surface area contributed by atoms with E-state index >= 15 is 0 Å². The van der Waals surface area contributed by atoms with Crippen LogP contribution in [-0.4, -0.2) is 56.6 Å². The van der Waals surface area contributed by atoms with Gasteiger partial charge in [0.1, 0.15) is 6.61 Å². The van der Waals surface area contributed by atoms with Gasteiger partial charge in [0.05, 0.1) is 18.8 Å². The normalized spacial score (nSPS) is 19.7. The first-order chi connectivity index (χ1) is 12.1. The lowest BCUT2D eigenvalue weighted by molar-refractivity contribution is 0.0243. The molecule has 0 saturated carbocycles. The number of hydrogen-bond acceptors (Lipinski definition) is 5. The number of pyridine rings is 1. The Labute approximate surface area is 173 Å². The van der Waals surface area contributed by atoms with Crippen LogP contribution in [0.25, 0.3) is 0 Å². The first-order valence-electron chi connectivity index (χ1n) is 8.88. The first-order valence-corrected chi connectivity index (χ1v) is 8.88. The second-order valence-electron chi connectivity index (χ2n) is 6.30. The third-order valence-electron chi connectivity index (χ3n) is 4.03. The molecule has 0 aromatic carbocycles. The highest BCUT2D eigenvalue weighted by atomic mass is 127. The summed E-state index contributed by atoms with van der Waals surface area (Å²) in [5.41, 5.74) is 0.929. The number of methoxy groups -OCH3 is 1. The monoisotopic (exact) mass is 478 g/mol. The van der Waals surface area contributed by atoms with Gasteiger partial charge in [-0.1, -0.05) is 6.07 Å². The lowest BCUT2D eigenvalue weighted by Gasteiger charge is -2.24. The summed E-state index contributed by atoms with van der Waals surface area (Å²) in [4.78, 5) is 8.91. The maximum Gasteiger partial charge on any atom is 0.213 e. The minimum Gasteiger partial charge on any atom is -0.475 e. The SMILES string of the molecule is CCNC(=NCc1ccc(OCCOC)nc1)NCC1(C)CCCO1.I. The summed E-state index contributed by atoms with van der Waals surface area (Å²) < 4.78 is 16.2. The van der Waals surface area contributed by atoms with E-state index < -0.39 is 0 Å². The summed E-state index contributed by atoms with van der Waals surface area (Å²) >= 11 is 0. The molecule has 1 aromatic rings. The number of nitrogens with zero attached hydrogens (tertiary/aromatic N) is 2. The molecule has 2 heterocycles. The van der Waals surface area contributed by atoms with E-state index in [-0.39, 0.29) is 29.6 Å². The van der Waals surface area contributed by atoms with Crippen LogP contribution in [0.2, 0.25) is 0 Å². The van der Waals surface area contributed by atoms with Crippen molar-refractivity contribution in [1.82, 2.24) is 15.6 Å². The van der Waals surface area contributed by atoms with Crippen LogP contribution in [0.1, 0.15) is 32.3 Å². The van der Waals surface area contributed by atoms with Crippen LogP contribution in [0.5, 0.6) is 5.88 Å². The third-order valence-corrected chi connectivity index (χ3v) is 4.03. The molecule has 1 aliphatic rings. The molecule has 1 aliphatic heterocycles. The number of hydrogen-bond donors (Lipinski definition) is 2. The Hall–Kier alpha value is -1.13. The molecule has 8 heteroatoms. The van der Waals surface area contributed by atoms with Gasteiger partial charge in [-0.25, -0.2) is 9.98 Å². The lowest BCUT2D eigenvalue weighted by atomic mass is 10.0. The molecule has 0 amide bonds. The fourth-order valence-corrected chi connectivity index (χ4v) is 2.58. The van der Waals surface area contributed by atoms with Crippen LogP contribution in [0.4, 0.5) is 0 Å². The van der Waals surface area contributed by atoms with Crippen molar-refractivity contribution in [3.05, 3.63) is 23.9 Å². The molecule has 1 fully saturated rings. The van der Waals surface area contributed by atoms with Gasteiger partial charge in [0, 0.05) is 39.1 Å². The molecular formula is C18H31IN4O3. The maximum atomic E-state index is 5.81. The molecule has 148 valence electrons. The van der Waals surface area contributed by atoms with Crippen molar-refractivity contribution in [1.29, 1.82) is 0 Å². The van der Waals surface area contributed by atoms with Crippen LogP contribution in [0.15, 0.2) is 23.3 Å². The Kier molecular flexibility index (Phi) is 10.8. The molecular weight excluding hydrogens is 447 g/mol. The fourth-order valence-electron chi connectivity index (χ4n) is 2.58. The van der Waals surface area contributed by atoms with Crippen molar-refractivity contribution in [3.63, 3.8) is 0 Å². The third kappa shape index (κ3) is 8.05. The number of aromatic nitrogens is 1. The van der Waals surface area contributed by atoms with Crippen LogP contribution in [0, 0.1) is 0 Å². The number of ether oxygens (including phenoxy) is 3. The van der Waals surface area contributed by atoms with E-state index in [2.05, 4.69) is 34.5 Å². The van der Waals surface area contributed by atoms with Crippen LogP contribution < -0.4 is 15.4 Å². The van der Waals surface area contributed by atoms with Crippen molar-refractivity contribution in [2.45, 2.75) is 38.8 Å². The van der Waals surface area contributed by atoms with Gasteiger partial charge in [0.25, 0.3) is 0 Å². The van der Waals surface area contributed by atoms with E-state index in [0.717, 1.165) is 44.1 Å². The molecule has 0 radical (unpaired) electrons. The number of guanidine groups is 1. The Balaban J connectivity index is 0.00000338. The number of halogens is 1. The number of aliphatic imine (C=N–C) groups is 1. The fraction of sp³-hybridized carbons (Fsp3) is 0.667. The van der Waals surface area contributed by atoms with Crippen LogP contribution in [0.3, 0.4) is 0 Å². The largest absolute Gasteiger partial charge is 0.475 e. The Morgan fingerprint density at radius 1 is 1.35 bits per heavy atom. The van der Waals surface area contributed by atoms with E-state index in [1.807, 2.05) is 12.1 Å². The lowest BCUT2D eigenvalue weighted by Crippen LogP contribution is -2.45. The highest BCUT2D eigenvalue weighted by Gasteiger charge is 2.29. The van der Waals surface area contributed by atoms with Gasteiger partial charge in [0.15, 0.2) is 5.96 Å². The van der Waals surface area contributed by atoms with Gasteiger partial charge in [0.2, 0.25) is 5.88 Å². The number of rotatable bonds is 9. The molecule has 0 bridgehead atoms. The van der Waals surface area contributed by atoms with Gasteiger partial charge >= 0.3 is 0 Å². The molecule has 26 heavy (non-hydrogen) atoms. The second kappa shape index (κ2) is 12.3. The van der Waals surface area contributed by atoms with Crippen molar-refractivity contribution < 1.29 is 14.2 Å². The van der Waals surface area contributed by atoms with Crippen molar-refractivity contribution in [2.75, 3.05) is 40.0 Å². The van der Waals surface area contributed by atoms with Crippen molar-refractivity contribution in [2.24, 2.45) is 4.99 Å². The average Bonchev–Trinajstić information content (AvgIpc) is 3.06. The van der Waals surface area contributed by atoms with Gasteiger partial charge in [-0.05, 0) is 32.3 Å². The highest BCUT2D eigenvalue weighted by molar-refractivity contribution is 14.0. The van der Waals surface area contributed by atoms with Gasteiger partial charge in [-0.15, -0.1) is 24.0 Å². The topological polar surface area (TPSA) is 77.0 Å². The van der Waals surface area contributed by atoms with E-state index in [9.17, 15) is 0 Å². The van der Waals surface area contributed by atoms with Crippen LogP contribution in [-0.2, 0) is 16.0 Å². The van der Waals surface area contributed by atoms with Gasteiger partial charge in [-0.2, -0.15) is 0 Å². The van der Waals surface area contributed by atoms with Crippen molar-refractivity contribution >= 4 is 29.9 Å². The molecule has 0 spiro atoms. The molecule has 1 saturated heterocycles. The van der Waals surface area contributed by atoms with Gasteiger partial charge < -0.3 is 24.8 Å². The summed E-state index contributed by atoms with van der Waals surface area (Å²) in [6.07, 6.45) is 3.99. The quantitative estimate of drug-likeness (QED) is 0.246. The predicted molar refractivity (Wildman–Crippen MR) is 113 cm³/mol. The average molecular weight is 478 g/mol. The molecule has 1 unspecified atom stereocenters. The Morgan fingerprint density at radius 2 is 2.19 bits per heavy atom. The summed E-state index contributed by atoms with van der Waals surface area (Å²) in [5, 5.41) is 6.64. The molecule has 0 aliphatic carbocycles. The first kappa shape index (κ1) is 22.9. The zero-order valence-electron chi connectivity index (χ0n) is 15.9. The minimum atomic E-state index is -0.0983. The molecule has 1 atom stereocenters.